The van der Waals surface area contributed by atoms with E-state index in [2.05, 4.69) is 15.3 Å². The number of hydrogen-bond donors (Lipinski definition) is 2. The predicted octanol–water partition coefficient (Wildman–Crippen LogP) is 2.32. The van der Waals surface area contributed by atoms with Gasteiger partial charge in [-0.05, 0) is 24.3 Å². The van der Waals surface area contributed by atoms with E-state index in [0.717, 1.165) is 11.0 Å². The molecule has 2 aromatic carbocycles. The number of amides is 1. The van der Waals surface area contributed by atoms with E-state index in [9.17, 15) is 13.2 Å². The minimum Gasteiger partial charge on any atom is -0.495 e. The van der Waals surface area contributed by atoms with Crippen LogP contribution in [0, 0.1) is 0 Å². The molecule has 1 aliphatic heterocycles. The summed E-state index contributed by atoms with van der Waals surface area (Å²) in [4.78, 5) is 20.1. The van der Waals surface area contributed by atoms with E-state index in [0.29, 0.717) is 37.1 Å². The Kier molecular flexibility index (Phi) is 6.46. The van der Waals surface area contributed by atoms with Gasteiger partial charge in [0, 0.05) is 19.2 Å². The molecule has 0 atom stereocenters. The number of imidazole rings is 1. The Morgan fingerprint density at radius 3 is 2.77 bits per heavy atom. The Hall–Kier alpha value is -2.60. The van der Waals surface area contributed by atoms with Gasteiger partial charge in [0.2, 0.25) is 15.9 Å². The summed E-state index contributed by atoms with van der Waals surface area (Å²) < 4.78 is 37.6. The normalized spacial score (nSPS) is 15.1. The third kappa shape index (κ3) is 4.85. The summed E-state index contributed by atoms with van der Waals surface area (Å²) in [6.07, 6.45) is 0. The number of H-pyrrole nitrogens is 1. The molecule has 11 heteroatoms. The zero-order valence-electron chi connectivity index (χ0n) is 16.8. The van der Waals surface area contributed by atoms with Crippen molar-refractivity contribution in [1.82, 2.24) is 14.3 Å². The van der Waals surface area contributed by atoms with Crippen molar-refractivity contribution < 1.29 is 22.7 Å². The van der Waals surface area contributed by atoms with Crippen molar-refractivity contribution in [1.29, 1.82) is 0 Å². The highest BCUT2D eigenvalue weighted by Crippen LogP contribution is 2.30. The number of carbonyl (C=O) groups is 1. The number of nitrogens with one attached hydrogen (secondary N) is 2. The number of carbonyl (C=O) groups excluding carboxylic acids is 1. The second-order valence-corrected chi connectivity index (χ2v) is 9.68. The van der Waals surface area contributed by atoms with E-state index in [1.807, 2.05) is 24.3 Å². The zero-order chi connectivity index (χ0) is 21.8. The number of aromatic amines is 1. The summed E-state index contributed by atoms with van der Waals surface area (Å²) in [5.41, 5.74) is 2.15. The summed E-state index contributed by atoms with van der Waals surface area (Å²) in [5.74, 6) is 0.153. The fourth-order valence-corrected chi connectivity index (χ4v) is 5.30. The van der Waals surface area contributed by atoms with Gasteiger partial charge in [-0.3, -0.25) is 4.79 Å². The van der Waals surface area contributed by atoms with E-state index in [1.165, 1.54) is 41.4 Å². The van der Waals surface area contributed by atoms with Gasteiger partial charge < -0.3 is 19.8 Å². The van der Waals surface area contributed by atoms with Crippen LogP contribution in [-0.4, -0.2) is 67.8 Å². The van der Waals surface area contributed by atoms with Crippen molar-refractivity contribution in [2.75, 3.05) is 44.5 Å². The number of nitrogens with zero attached hydrogens (tertiary/aromatic N) is 2. The fraction of sp³-hybridized carbons (Fsp3) is 0.300. The van der Waals surface area contributed by atoms with E-state index in [-0.39, 0.29) is 22.3 Å². The van der Waals surface area contributed by atoms with Crippen LogP contribution in [0.5, 0.6) is 5.75 Å². The summed E-state index contributed by atoms with van der Waals surface area (Å²) in [7, 11) is -2.22. The van der Waals surface area contributed by atoms with Crippen LogP contribution in [0.15, 0.2) is 52.5 Å². The van der Waals surface area contributed by atoms with Crippen LogP contribution >= 0.6 is 11.8 Å². The molecule has 9 nitrogen and oxygen atoms in total. The number of benzene rings is 2. The molecule has 0 saturated carbocycles. The van der Waals surface area contributed by atoms with Crippen molar-refractivity contribution in [3.05, 3.63) is 42.5 Å². The highest BCUT2D eigenvalue weighted by atomic mass is 32.2. The van der Waals surface area contributed by atoms with Gasteiger partial charge in [-0.15, -0.1) is 0 Å². The molecule has 0 radical (unpaired) electrons. The first kappa shape index (κ1) is 21.6. The molecule has 0 spiro atoms. The number of rotatable bonds is 7. The predicted molar refractivity (Wildman–Crippen MR) is 118 cm³/mol. The highest BCUT2D eigenvalue weighted by molar-refractivity contribution is 7.99. The SMILES string of the molecule is COc1cc(S(=O)(=O)N2CCOCC2)ccc1NC(=O)CSc1nc2ccccc2[nH]1. The molecule has 0 aliphatic carbocycles. The lowest BCUT2D eigenvalue weighted by Gasteiger charge is -2.26. The van der Waals surface area contributed by atoms with Crippen molar-refractivity contribution in [2.24, 2.45) is 0 Å². The number of thioether (sulfide) groups is 1. The van der Waals surface area contributed by atoms with E-state index < -0.39 is 10.0 Å². The quantitative estimate of drug-likeness (QED) is 0.518. The lowest BCUT2D eigenvalue weighted by Crippen LogP contribution is -2.40. The number of ether oxygens (including phenoxy) is 2. The lowest BCUT2D eigenvalue weighted by molar-refractivity contribution is -0.113. The molecule has 164 valence electrons. The number of fused-ring (bicyclic) bond motifs is 1. The molecule has 0 bridgehead atoms. The molecule has 1 aliphatic rings. The molecule has 2 heterocycles. The molecule has 1 amide bonds. The average molecular weight is 463 g/mol. The maximum Gasteiger partial charge on any atom is 0.243 e. The summed E-state index contributed by atoms with van der Waals surface area (Å²) >= 11 is 1.28. The van der Waals surface area contributed by atoms with Crippen LogP contribution in [0.1, 0.15) is 0 Å². The minimum atomic E-state index is -3.65. The molecular weight excluding hydrogens is 440 g/mol. The molecule has 31 heavy (non-hydrogen) atoms. The van der Waals surface area contributed by atoms with Gasteiger partial charge in [0.15, 0.2) is 5.16 Å². The van der Waals surface area contributed by atoms with Gasteiger partial charge in [0.05, 0.1) is 47.7 Å². The van der Waals surface area contributed by atoms with Crippen LogP contribution in [0.25, 0.3) is 11.0 Å². The fourth-order valence-electron chi connectivity index (χ4n) is 3.19. The van der Waals surface area contributed by atoms with Crippen molar-refractivity contribution in [2.45, 2.75) is 10.1 Å². The van der Waals surface area contributed by atoms with Crippen LogP contribution in [0.4, 0.5) is 5.69 Å². The standard InChI is InChI=1S/C20H22N4O5S2/c1-28-18-12-14(31(26,27)24-8-10-29-11-9-24)6-7-17(18)21-19(25)13-30-20-22-15-4-2-3-5-16(15)23-20/h2-7,12H,8-11,13H2,1H3,(H,21,25)(H,22,23). The molecule has 1 fully saturated rings. The monoisotopic (exact) mass is 462 g/mol. The topological polar surface area (TPSA) is 114 Å². The van der Waals surface area contributed by atoms with Crippen LogP contribution in [0.2, 0.25) is 0 Å². The van der Waals surface area contributed by atoms with E-state index >= 15 is 0 Å². The Bertz CT molecular complexity index is 1160. The highest BCUT2D eigenvalue weighted by Gasteiger charge is 2.27. The smallest absolute Gasteiger partial charge is 0.243 e. The first-order chi connectivity index (χ1) is 15.0. The molecule has 0 unspecified atom stereocenters. The number of morpholine rings is 1. The minimum absolute atomic E-state index is 0.112. The van der Waals surface area contributed by atoms with Gasteiger partial charge >= 0.3 is 0 Å². The largest absolute Gasteiger partial charge is 0.495 e. The molecular formula is C20H22N4O5S2. The number of hydrogen-bond acceptors (Lipinski definition) is 7. The van der Waals surface area contributed by atoms with Gasteiger partial charge in [0.25, 0.3) is 0 Å². The number of para-hydroxylation sites is 2. The number of methoxy groups -OCH3 is 1. The Morgan fingerprint density at radius 1 is 1.26 bits per heavy atom. The zero-order valence-corrected chi connectivity index (χ0v) is 18.5. The summed E-state index contributed by atoms with van der Waals surface area (Å²) in [6, 6.07) is 12.1. The molecule has 2 N–H and O–H groups in total. The van der Waals surface area contributed by atoms with Crippen molar-refractivity contribution in [3.63, 3.8) is 0 Å². The Morgan fingerprint density at radius 2 is 2.03 bits per heavy atom. The van der Waals surface area contributed by atoms with E-state index in [4.69, 9.17) is 9.47 Å². The van der Waals surface area contributed by atoms with Gasteiger partial charge in [0.1, 0.15) is 5.75 Å². The lowest BCUT2D eigenvalue weighted by atomic mass is 10.3. The number of sulfonamides is 1. The second kappa shape index (κ2) is 9.27. The van der Waals surface area contributed by atoms with Crippen LogP contribution < -0.4 is 10.1 Å². The van der Waals surface area contributed by atoms with Crippen molar-refractivity contribution in [3.8, 4) is 5.75 Å². The first-order valence-corrected chi connectivity index (χ1v) is 12.0. The molecule has 3 aromatic rings. The number of anilines is 1. The Labute approximate surface area is 184 Å². The van der Waals surface area contributed by atoms with Gasteiger partial charge in [-0.2, -0.15) is 4.31 Å². The van der Waals surface area contributed by atoms with Crippen molar-refractivity contribution >= 4 is 44.4 Å². The average Bonchev–Trinajstić information content (AvgIpc) is 3.21. The van der Waals surface area contributed by atoms with E-state index in [1.54, 1.807) is 0 Å². The third-order valence-electron chi connectivity index (χ3n) is 4.76. The summed E-state index contributed by atoms with van der Waals surface area (Å²) in [6.45, 7) is 1.35. The summed E-state index contributed by atoms with van der Waals surface area (Å²) in [5, 5.41) is 3.42. The van der Waals surface area contributed by atoms with Crippen LogP contribution in [0.3, 0.4) is 0 Å². The second-order valence-electron chi connectivity index (χ2n) is 6.77. The Balaban J connectivity index is 1.43. The molecule has 1 saturated heterocycles. The van der Waals surface area contributed by atoms with Gasteiger partial charge in [-0.1, -0.05) is 23.9 Å². The maximum absolute atomic E-state index is 12.8. The molecule has 4 rings (SSSR count). The third-order valence-corrected chi connectivity index (χ3v) is 7.53. The maximum atomic E-state index is 12.8. The first-order valence-electron chi connectivity index (χ1n) is 9.61. The van der Waals surface area contributed by atoms with Crippen LogP contribution in [-0.2, 0) is 19.6 Å². The van der Waals surface area contributed by atoms with Gasteiger partial charge in [-0.25, -0.2) is 13.4 Å². The molecule has 1 aromatic heterocycles. The number of aromatic nitrogens is 2.